The van der Waals surface area contributed by atoms with E-state index in [0.29, 0.717) is 11.6 Å². The molecule has 5 nitrogen and oxygen atoms in total. The van der Waals surface area contributed by atoms with Gasteiger partial charge < -0.3 is 10.0 Å². The third-order valence-corrected chi connectivity index (χ3v) is 3.72. The molecule has 1 aliphatic carbocycles. The fraction of sp³-hybridized carbons (Fsp3) is 0.400. The maximum atomic E-state index is 11.5. The molecule has 0 radical (unpaired) electrons. The van der Waals surface area contributed by atoms with Crippen molar-refractivity contribution in [3.05, 3.63) is 30.0 Å². The van der Waals surface area contributed by atoms with Crippen LogP contribution in [0.5, 0.6) is 0 Å². The molecule has 5 heteroatoms. The van der Waals surface area contributed by atoms with Crippen molar-refractivity contribution in [3.8, 4) is 0 Å². The minimum absolute atomic E-state index is 0.0474. The Morgan fingerprint density at radius 3 is 2.75 bits per heavy atom. The van der Waals surface area contributed by atoms with E-state index in [0.717, 1.165) is 24.0 Å². The SMILES string of the molecule is CCN(CC1CC1)c1c(C(=O)O)nnc2ccccc12. The zero-order chi connectivity index (χ0) is 14.1. The molecule has 1 fully saturated rings. The first-order chi connectivity index (χ1) is 9.70. The number of hydrogen-bond acceptors (Lipinski definition) is 4. The van der Waals surface area contributed by atoms with Crippen LogP contribution in [-0.2, 0) is 0 Å². The smallest absolute Gasteiger partial charge is 0.358 e. The number of nitrogens with zero attached hydrogens (tertiary/aromatic N) is 3. The van der Waals surface area contributed by atoms with Crippen LogP contribution in [0.15, 0.2) is 24.3 Å². The van der Waals surface area contributed by atoms with Gasteiger partial charge in [0.1, 0.15) is 0 Å². The van der Waals surface area contributed by atoms with Crippen LogP contribution in [0.1, 0.15) is 30.3 Å². The van der Waals surface area contributed by atoms with E-state index in [1.165, 1.54) is 12.8 Å². The van der Waals surface area contributed by atoms with Gasteiger partial charge in [-0.3, -0.25) is 0 Å². The molecule has 1 saturated carbocycles. The molecular weight excluding hydrogens is 254 g/mol. The first-order valence-corrected chi connectivity index (χ1v) is 6.94. The Balaban J connectivity index is 2.17. The normalized spacial score (nSPS) is 14.4. The number of carboxylic acids is 1. The number of benzene rings is 1. The van der Waals surface area contributed by atoms with E-state index in [2.05, 4.69) is 15.1 Å². The molecule has 0 aliphatic heterocycles. The van der Waals surface area contributed by atoms with Crippen molar-refractivity contribution in [1.29, 1.82) is 0 Å². The second kappa shape index (κ2) is 5.07. The average Bonchev–Trinajstić information content (AvgIpc) is 3.27. The van der Waals surface area contributed by atoms with Gasteiger partial charge in [-0.25, -0.2) is 4.79 Å². The number of anilines is 1. The highest BCUT2D eigenvalue weighted by molar-refractivity contribution is 6.02. The van der Waals surface area contributed by atoms with E-state index >= 15 is 0 Å². The Hall–Kier alpha value is -2.17. The van der Waals surface area contributed by atoms with Gasteiger partial charge in [0.05, 0.1) is 11.2 Å². The van der Waals surface area contributed by atoms with E-state index in [1.54, 1.807) is 0 Å². The summed E-state index contributed by atoms with van der Waals surface area (Å²) in [5.41, 5.74) is 1.49. The third-order valence-electron chi connectivity index (χ3n) is 3.72. The lowest BCUT2D eigenvalue weighted by molar-refractivity contribution is 0.0690. The fourth-order valence-corrected chi connectivity index (χ4v) is 2.49. The molecule has 1 aromatic heterocycles. The Morgan fingerprint density at radius 1 is 1.35 bits per heavy atom. The molecule has 3 rings (SSSR count). The van der Waals surface area contributed by atoms with Crippen LogP contribution in [0, 0.1) is 5.92 Å². The van der Waals surface area contributed by atoms with Gasteiger partial charge in [-0.1, -0.05) is 18.2 Å². The maximum absolute atomic E-state index is 11.5. The Labute approximate surface area is 117 Å². The Morgan fingerprint density at radius 2 is 2.10 bits per heavy atom. The highest BCUT2D eigenvalue weighted by Gasteiger charge is 2.27. The molecule has 1 N–H and O–H groups in total. The second-order valence-electron chi connectivity index (χ2n) is 5.20. The third kappa shape index (κ3) is 2.31. The minimum atomic E-state index is -1.02. The summed E-state index contributed by atoms with van der Waals surface area (Å²) in [6, 6.07) is 7.58. The van der Waals surface area contributed by atoms with E-state index in [4.69, 9.17) is 0 Å². The Kier molecular flexibility index (Phi) is 3.26. The molecule has 1 aromatic carbocycles. The maximum Gasteiger partial charge on any atom is 0.358 e. The van der Waals surface area contributed by atoms with Gasteiger partial charge in [-0.15, -0.1) is 10.2 Å². The van der Waals surface area contributed by atoms with E-state index in [1.807, 2.05) is 31.2 Å². The van der Waals surface area contributed by atoms with E-state index in [-0.39, 0.29) is 5.69 Å². The monoisotopic (exact) mass is 271 g/mol. The number of aromatic carboxylic acids is 1. The number of aromatic nitrogens is 2. The average molecular weight is 271 g/mol. The van der Waals surface area contributed by atoms with Crippen molar-refractivity contribution >= 4 is 22.6 Å². The summed E-state index contributed by atoms with van der Waals surface area (Å²) in [5, 5.41) is 18.2. The van der Waals surface area contributed by atoms with Gasteiger partial charge in [0.15, 0.2) is 5.69 Å². The molecule has 0 amide bonds. The van der Waals surface area contributed by atoms with Crippen molar-refractivity contribution in [3.63, 3.8) is 0 Å². The zero-order valence-electron chi connectivity index (χ0n) is 11.4. The van der Waals surface area contributed by atoms with Crippen molar-refractivity contribution in [2.45, 2.75) is 19.8 Å². The molecule has 0 bridgehead atoms. The predicted molar refractivity (Wildman–Crippen MR) is 77.1 cm³/mol. The quantitative estimate of drug-likeness (QED) is 0.905. The summed E-state index contributed by atoms with van der Waals surface area (Å²) < 4.78 is 0. The van der Waals surface area contributed by atoms with Gasteiger partial charge >= 0.3 is 5.97 Å². The number of fused-ring (bicyclic) bond motifs is 1. The summed E-state index contributed by atoms with van der Waals surface area (Å²) >= 11 is 0. The van der Waals surface area contributed by atoms with Crippen LogP contribution in [0.2, 0.25) is 0 Å². The van der Waals surface area contributed by atoms with Crippen molar-refractivity contribution in [2.75, 3.05) is 18.0 Å². The van der Waals surface area contributed by atoms with Gasteiger partial charge in [-0.2, -0.15) is 0 Å². The van der Waals surface area contributed by atoms with E-state index < -0.39 is 5.97 Å². The van der Waals surface area contributed by atoms with Crippen LogP contribution in [0.3, 0.4) is 0 Å². The lowest BCUT2D eigenvalue weighted by Crippen LogP contribution is -2.28. The molecule has 2 aromatic rings. The molecule has 0 saturated heterocycles. The van der Waals surface area contributed by atoms with Crippen molar-refractivity contribution < 1.29 is 9.90 Å². The Bertz CT molecular complexity index is 653. The number of hydrogen-bond donors (Lipinski definition) is 1. The van der Waals surface area contributed by atoms with Gasteiger partial charge in [0.25, 0.3) is 0 Å². The summed E-state index contributed by atoms with van der Waals surface area (Å²) in [6.45, 7) is 3.71. The van der Waals surface area contributed by atoms with Crippen LogP contribution < -0.4 is 4.90 Å². The molecule has 104 valence electrons. The lowest BCUT2D eigenvalue weighted by Gasteiger charge is -2.25. The topological polar surface area (TPSA) is 66.3 Å². The predicted octanol–water partition coefficient (Wildman–Crippen LogP) is 2.56. The fourth-order valence-electron chi connectivity index (χ4n) is 2.49. The molecular formula is C15H17N3O2. The molecule has 1 heterocycles. The standard InChI is InChI=1S/C15H17N3O2/c1-2-18(9-10-7-8-10)14-11-5-3-4-6-12(11)16-17-13(14)15(19)20/h3-6,10H,2,7-9H2,1H3,(H,19,20). The summed E-state index contributed by atoms with van der Waals surface area (Å²) in [4.78, 5) is 13.6. The summed E-state index contributed by atoms with van der Waals surface area (Å²) in [6.07, 6.45) is 2.46. The largest absolute Gasteiger partial charge is 0.476 e. The lowest BCUT2D eigenvalue weighted by atomic mass is 10.1. The molecule has 0 unspecified atom stereocenters. The zero-order valence-corrected chi connectivity index (χ0v) is 11.4. The highest BCUT2D eigenvalue weighted by atomic mass is 16.4. The van der Waals surface area contributed by atoms with E-state index in [9.17, 15) is 9.90 Å². The number of rotatable bonds is 5. The van der Waals surface area contributed by atoms with Crippen molar-refractivity contribution in [1.82, 2.24) is 10.2 Å². The van der Waals surface area contributed by atoms with Gasteiger partial charge in [0, 0.05) is 18.5 Å². The van der Waals surface area contributed by atoms with Crippen LogP contribution in [0.25, 0.3) is 10.9 Å². The van der Waals surface area contributed by atoms with Crippen LogP contribution >= 0.6 is 0 Å². The van der Waals surface area contributed by atoms with Gasteiger partial charge in [0.2, 0.25) is 0 Å². The van der Waals surface area contributed by atoms with Gasteiger partial charge in [-0.05, 0) is 31.7 Å². The highest BCUT2D eigenvalue weighted by Crippen LogP contribution is 2.34. The number of carbonyl (C=O) groups is 1. The first kappa shape index (κ1) is 12.8. The minimum Gasteiger partial charge on any atom is -0.476 e. The molecule has 0 spiro atoms. The van der Waals surface area contributed by atoms with Crippen LogP contribution in [-0.4, -0.2) is 34.4 Å². The molecule has 0 atom stereocenters. The van der Waals surface area contributed by atoms with Crippen LogP contribution in [0.4, 0.5) is 5.69 Å². The first-order valence-electron chi connectivity index (χ1n) is 6.94. The second-order valence-corrected chi connectivity index (χ2v) is 5.20. The summed E-state index contributed by atoms with van der Waals surface area (Å²) in [5.74, 6) is -0.337. The number of carboxylic acid groups (broad SMARTS) is 1. The van der Waals surface area contributed by atoms with Crippen molar-refractivity contribution in [2.24, 2.45) is 5.92 Å². The molecule has 20 heavy (non-hydrogen) atoms. The molecule has 1 aliphatic rings. The summed E-state index contributed by atoms with van der Waals surface area (Å²) in [7, 11) is 0.